The van der Waals surface area contributed by atoms with Gasteiger partial charge in [0.1, 0.15) is 9.97 Å². The van der Waals surface area contributed by atoms with Crippen molar-refractivity contribution in [1.29, 1.82) is 0 Å². The Balaban J connectivity index is 0.00000300. The summed E-state index contributed by atoms with van der Waals surface area (Å²) in [6, 6.07) is 7.35. The Kier molecular flexibility index (Phi) is 9.40. The third-order valence-corrected chi connectivity index (χ3v) is 7.26. The van der Waals surface area contributed by atoms with Gasteiger partial charge in [-0.25, -0.2) is 13.6 Å². The third kappa shape index (κ3) is 6.95. The van der Waals surface area contributed by atoms with Crippen molar-refractivity contribution in [2.45, 2.75) is 36.1 Å². The molecule has 1 aliphatic heterocycles. The molecular weight excluding hydrogens is 525 g/mol. The SMILES string of the molecule is CN=C(NCc1ccc(S(N)(=O)=O)s1)NCC(c1ccco1)N1CCCCC1.I. The highest BCUT2D eigenvalue weighted by atomic mass is 127. The number of sulfonamides is 1. The van der Waals surface area contributed by atoms with Gasteiger partial charge in [-0.05, 0) is 50.2 Å². The number of thiophene rings is 1. The Labute approximate surface area is 193 Å². The van der Waals surface area contributed by atoms with Crippen LogP contribution in [-0.4, -0.2) is 46.0 Å². The zero-order chi connectivity index (χ0) is 20.0. The van der Waals surface area contributed by atoms with Crippen LogP contribution >= 0.6 is 35.3 Å². The molecule has 2 aromatic rings. The minimum atomic E-state index is -3.66. The number of hydrogen-bond donors (Lipinski definition) is 3. The molecular formula is C18H28IN5O3S2. The molecule has 0 aromatic carbocycles. The molecule has 0 spiro atoms. The smallest absolute Gasteiger partial charge is 0.247 e. The first-order valence-corrected chi connectivity index (χ1v) is 11.7. The van der Waals surface area contributed by atoms with E-state index in [9.17, 15) is 8.42 Å². The van der Waals surface area contributed by atoms with Gasteiger partial charge in [0.15, 0.2) is 5.96 Å². The molecule has 8 nitrogen and oxygen atoms in total. The van der Waals surface area contributed by atoms with Crippen molar-refractivity contribution in [3.63, 3.8) is 0 Å². The minimum absolute atomic E-state index is 0. The van der Waals surface area contributed by atoms with E-state index in [1.54, 1.807) is 19.4 Å². The maximum atomic E-state index is 11.4. The second-order valence-corrected chi connectivity index (χ2v) is 9.66. The van der Waals surface area contributed by atoms with Crippen LogP contribution in [0.5, 0.6) is 0 Å². The molecule has 0 amide bonds. The van der Waals surface area contributed by atoms with Crippen LogP contribution in [0.15, 0.2) is 44.1 Å². The monoisotopic (exact) mass is 553 g/mol. The van der Waals surface area contributed by atoms with E-state index in [2.05, 4.69) is 20.5 Å². The summed E-state index contributed by atoms with van der Waals surface area (Å²) < 4.78 is 28.6. The summed E-state index contributed by atoms with van der Waals surface area (Å²) in [4.78, 5) is 7.58. The van der Waals surface area contributed by atoms with E-state index in [1.807, 2.05) is 12.1 Å². The maximum absolute atomic E-state index is 11.4. The number of aliphatic imine (C=N–C) groups is 1. The van der Waals surface area contributed by atoms with E-state index in [0.717, 1.165) is 35.1 Å². The number of furan rings is 1. The fourth-order valence-electron chi connectivity index (χ4n) is 3.31. The molecule has 11 heteroatoms. The Bertz CT molecular complexity index is 877. The fourth-order valence-corrected chi connectivity index (χ4v) is 5.03. The molecule has 162 valence electrons. The predicted octanol–water partition coefficient (Wildman–Crippen LogP) is 2.50. The van der Waals surface area contributed by atoms with Gasteiger partial charge in [-0.15, -0.1) is 35.3 Å². The molecule has 3 heterocycles. The summed E-state index contributed by atoms with van der Waals surface area (Å²) in [5.74, 6) is 1.60. The Morgan fingerprint density at radius 1 is 1.28 bits per heavy atom. The van der Waals surface area contributed by atoms with Crippen LogP contribution in [0.1, 0.15) is 35.9 Å². The lowest BCUT2D eigenvalue weighted by atomic mass is 10.1. The Hall–Kier alpha value is -1.15. The molecule has 0 aliphatic carbocycles. The Morgan fingerprint density at radius 2 is 2.03 bits per heavy atom. The molecule has 3 rings (SSSR count). The van der Waals surface area contributed by atoms with Crippen molar-refractivity contribution >= 4 is 51.3 Å². The quantitative estimate of drug-likeness (QED) is 0.276. The van der Waals surface area contributed by atoms with E-state index in [4.69, 9.17) is 9.56 Å². The first-order valence-electron chi connectivity index (χ1n) is 9.31. The highest BCUT2D eigenvalue weighted by Crippen LogP contribution is 2.24. The maximum Gasteiger partial charge on any atom is 0.247 e. The minimum Gasteiger partial charge on any atom is -0.468 e. The average Bonchev–Trinajstić information content (AvgIpc) is 3.37. The van der Waals surface area contributed by atoms with Crippen molar-refractivity contribution in [3.8, 4) is 0 Å². The second kappa shape index (κ2) is 11.3. The zero-order valence-corrected chi connectivity index (χ0v) is 20.3. The molecule has 1 unspecified atom stereocenters. The summed E-state index contributed by atoms with van der Waals surface area (Å²) in [5.41, 5.74) is 0. The van der Waals surface area contributed by atoms with Crippen LogP contribution in [0.25, 0.3) is 0 Å². The van der Waals surface area contributed by atoms with E-state index >= 15 is 0 Å². The van der Waals surface area contributed by atoms with Crippen LogP contribution in [-0.2, 0) is 16.6 Å². The van der Waals surface area contributed by atoms with Gasteiger partial charge >= 0.3 is 0 Å². The summed E-state index contributed by atoms with van der Waals surface area (Å²) in [6.45, 7) is 3.25. The van der Waals surface area contributed by atoms with Crippen LogP contribution < -0.4 is 15.8 Å². The van der Waals surface area contributed by atoms with Crippen molar-refractivity contribution in [3.05, 3.63) is 41.2 Å². The molecule has 2 aromatic heterocycles. The lowest BCUT2D eigenvalue weighted by molar-refractivity contribution is 0.146. The highest BCUT2D eigenvalue weighted by molar-refractivity contribution is 14.0. The van der Waals surface area contributed by atoms with Crippen molar-refractivity contribution in [1.82, 2.24) is 15.5 Å². The number of likely N-dealkylation sites (tertiary alicyclic amines) is 1. The topological polar surface area (TPSA) is 113 Å². The summed E-state index contributed by atoms with van der Waals surface area (Å²) in [7, 11) is -1.95. The number of nitrogens with zero attached hydrogens (tertiary/aromatic N) is 2. The fraction of sp³-hybridized carbons (Fsp3) is 0.500. The number of piperidine rings is 1. The van der Waals surface area contributed by atoms with Crippen molar-refractivity contribution < 1.29 is 12.8 Å². The molecule has 4 N–H and O–H groups in total. The predicted molar refractivity (Wildman–Crippen MR) is 126 cm³/mol. The number of halogens is 1. The number of primary sulfonamides is 1. The van der Waals surface area contributed by atoms with Gasteiger partial charge in [-0.3, -0.25) is 9.89 Å². The largest absolute Gasteiger partial charge is 0.468 e. The molecule has 0 saturated carbocycles. The number of nitrogens with one attached hydrogen (secondary N) is 2. The molecule has 29 heavy (non-hydrogen) atoms. The third-order valence-electron chi connectivity index (χ3n) is 4.74. The first-order chi connectivity index (χ1) is 13.5. The summed E-state index contributed by atoms with van der Waals surface area (Å²) >= 11 is 1.16. The molecule has 1 fully saturated rings. The van der Waals surface area contributed by atoms with Gasteiger partial charge in [0.05, 0.1) is 18.8 Å². The number of nitrogens with two attached hydrogens (primary N) is 1. The van der Waals surface area contributed by atoms with Gasteiger partial charge < -0.3 is 15.1 Å². The molecule has 0 radical (unpaired) electrons. The van der Waals surface area contributed by atoms with Gasteiger partial charge in [-0.1, -0.05) is 6.42 Å². The van der Waals surface area contributed by atoms with Gasteiger partial charge in [0.25, 0.3) is 0 Å². The molecule has 1 saturated heterocycles. The second-order valence-electron chi connectivity index (χ2n) is 6.70. The number of hydrogen-bond acceptors (Lipinski definition) is 6. The van der Waals surface area contributed by atoms with Gasteiger partial charge in [0.2, 0.25) is 10.0 Å². The van der Waals surface area contributed by atoms with Gasteiger partial charge in [-0.2, -0.15) is 0 Å². The van der Waals surface area contributed by atoms with Crippen molar-refractivity contribution in [2.75, 3.05) is 26.7 Å². The van der Waals surface area contributed by atoms with E-state index in [1.165, 1.54) is 25.3 Å². The summed E-state index contributed by atoms with van der Waals surface area (Å²) in [6.07, 6.45) is 5.39. The summed E-state index contributed by atoms with van der Waals surface area (Å²) in [5, 5.41) is 11.7. The highest BCUT2D eigenvalue weighted by Gasteiger charge is 2.24. The number of rotatable bonds is 7. The van der Waals surface area contributed by atoms with Crippen LogP contribution in [0, 0.1) is 0 Å². The van der Waals surface area contributed by atoms with Crippen molar-refractivity contribution in [2.24, 2.45) is 10.1 Å². The number of guanidine groups is 1. The molecule has 1 atom stereocenters. The van der Waals surface area contributed by atoms with Gasteiger partial charge in [0, 0.05) is 18.5 Å². The van der Waals surface area contributed by atoms with E-state index in [-0.39, 0.29) is 34.2 Å². The lowest BCUT2D eigenvalue weighted by Crippen LogP contribution is -2.44. The van der Waals surface area contributed by atoms with E-state index in [0.29, 0.717) is 19.0 Å². The standard InChI is InChI=1S/C18H27N5O3S2.HI/c1-20-18(21-12-14-7-8-17(27-14)28(19,24)25)22-13-15(16-6-5-11-26-16)23-9-3-2-4-10-23;/h5-8,11,15H,2-4,9-10,12-13H2,1H3,(H2,19,24,25)(H2,20,21,22);1H. The Morgan fingerprint density at radius 3 is 2.62 bits per heavy atom. The molecule has 0 bridgehead atoms. The average molecular weight is 553 g/mol. The first kappa shape index (κ1) is 24.1. The van der Waals surface area contributed by atoms with Crippen LogP contribution in [0.2, 0.25) is 0 Å². The zero-order valence-electron chi connectivity index (χ0n) is 16.3. The van der Waals surface area contributed by atoms with E-state index < -0.39 is 10.0 Å². The normalized spacial score (nSPS) is 16.8. The lowest BCUT2D eigenvalue weighted by Gasteiger charge is -2.33. The molecule has 1 aliphatic rings. The van der Waals surface area contributed by atoms with Crippen LogP contribution in [0.4, 0.5) is 0 Å². The van der Waals surface area contributed by atoms with Crippen LogP contribution in [0.3, 0.4) is 0 Å².